The summed E-state index contributed by atoms with van der Waals surface area (Å²) in [6.07, 6.45) is 5.43. The van der Waals surface area contributed by atoms with Crippen molar-refractivity contribution in [3.05, 3.63) is 24.3 Å². The Morgan fingerprint density at radius 2 is 1.74 bits per heavy atom. The van der Waals surface area contributed by atoms with Gasteiger partial charge in [-0.15, -0.1) is 0 Å². The van der Waals surface area contributed by atoms with Gasteiger partial charge in [0.1, 0.15) is 5.75 Å². The molecule has 4 aliphatic rings. The number of carbonyl (C=O) groups is 3. The van der Waals surface area contributed by atoms with Crippen molar-refractivity contribution >= 4 is 23.5 Å². The largest absolute Gasteiger partial charge is 0.426 e. The van der Waals surface area contributed by atoms with Gasteiger partial charge in [0.25, 0.3) is 0 Å². The lowest BCUT2D eigenvalue weighted by Crippen LogP contribution is -2.65. The van der Waals surface area contributed by atoms with E-state index in [0.29, 0.717) is 29.7 Å². The zero-order valence-corrected chi connectivity index (χ0v) is 15.8. The standard InChI is InChI=1S/C21H26N2O4/c1-13(24)22-17-4-3-5-18(7-17)27-19(26)20-8-15-6-16(9-20)11-21(10-15,12-20)23-14(2)25/h3-5,7,15-16H,6,8-12H2,1-2H3,(H,22,24)(H,23,25). The van der Waals surface area contributed by atoms with Crippen molar-refractivity contribution in [3.8, 4) is 5.75 Å². The van der Waals surface area contributed by atoms with E-state index in [2.05, 4.69) is 10.6 Å². The van der Waals surface area contributed by atoms with Crippen molar-refractivity contribution < 1.29 is 19.1 Å². The van der Waals surface area contributed by atoms with Crippen molar-refractivity contribution in [2.24, 2.45) is 17.3 Å². The Kier molecular flexibility index (Phi) is 4.24. The molecule has 0 aliphatic heterocycles. The van der Waals surface area contributed by atoms with Crippen LogP contribution < -0.4 is 15.4 Å². The van der Waals surface area contributed by atoms with Gasteiger partial charge in [0.2, 0.25) is 11.8 Å². The smallest absolute Gasteiger partial charge is 0.317 e. The third-order valence-electron chi connectivity index (χ3n) is 6.30. The van der Waals surface area contributed by atoms with Gasteiger partial charge in [0.05, 0.1) is 5.41 Å². The molecule has 5 rings (SSSR count). The lowest BCUT2D eigenvalue weighted by atomic mass is 9.47. The summed E-state index contributed by atoms with van der Waals surface area (Å²) < 4.78 is 5.77. The topological polar surface area (TPSA) is 84.5 Å². The Labute approximate surface area is 159 Å². The highest BCUT2D eigenvalue weighted by Crippen LogP contribution is 2.62. The highest BCUT2D eigenvalue weighted by molar-refractivity contribution is 5.89. The molecule has 0 radical (unpaired) electrons. The summed E-state index contributed by atoms with van der Waals surface area (Å²) >= 11 is 0. The van der Waals surface area contributed by atoms with Crippen molar-refractivity contribution in [1.82, 2.24) is 5.32 Å². The highest BCUT2D eigenvalue weighted by atomic mass is 16.5. The predicted octanol–water partition coefficient (Wildman–Crippen LogP) is 3.03. The molecule has 144 valence electrons. The Morgan fingerprint density at radius 3 is 2.37 bits per heavy atom. The van der Waals surface area contributed by atoms with E-state index >= 15 is 0 Å². The van der Waals surface area contributed by atoms with Crippen LogP contribution >= 0.6 is 0 Å². The second-order valence-electron chi connectivity index (χ2n) is 8.80. The van der Waals surface area contributed by atoms with E-state index in [0.717, 1.165) is 32.1 Å². The summed E-state index contributed by atoms with van der Waals surface area (Å²) in [5.74, 6) is 0.981. The molecule has 4 fully saturated rings. The van der Waals surface area contributed by atoms with E-state index < -0.39 is 5.41 Å². The molecule has 6 nitrogen and oxygen atoms in total. The monoisotopic (exact) mass is 370 g/mol. The van der Waals surface area contributed by atoms with Crippen LogP contribution in [0.4, 0.5) is 5.69 Å². The Hall–Kier alpha value is -2.37. The van der Waals surface area contributed by atoms with E-state index in [1.807, 2.05) is 0 Å². The van der Waals surface area contributed by atoms with Crippen LogP contribution in [0.1, 0.15) is 52.4 Å². The van der Waals surface area contributed by atoms with Crippen molar-refractivity contribution in [3.63, 3.8) is 0 Å². The average molecular weight is 370 g/mol. The normalized spacial score (nSPS) is 33.4. The van der Waals surface area contributed by atoms with E-state index in [1.54, 1.807) is 31.2 Å². The van der Waals surface area contributed by atoms with Gasteiger partial charge in [-0.2, -0.15) is 0 Å². The third-order valence-corrected chi connectivity index (χ3v) is 6.30. The molecular weight excluding hydrogens is 344 g/mol. The molecule has 1 aromatic carbocycles. The number of esters is 1. The van der Waals surface area contributed by atoms with Crippen LogP contribution in [-0.4, -0.2) is 23.3 Å². The fourth-order valence-electron chi connectivity index (χ4n) is 6.08. The van der Waals surface area contributed by atoms with Gasteiger partial charge in [0.15, 0.2) is 0 Å². The van der Waals surface area contributed by atoms with E-state index in [4.69, 9.17) is 4.74 Å². The minimum Gasteiger partial charge on any atom is -0.426 e. The van der Waals surface area contributed by atoms with Crippen LogP contribution in [-0.2, 0) is 14.4 Å². The van der Waals surface area contributed by atoms with Crippen LogP contribution in [0.15, 0.2) is 24.3 Å². The van der Waals surface area contributed by atoms with Crippen molar-refractivity contribution in [2.75, 3.05) is 5.32 Å². The van der Waals surface area contributed by atoms with Crippen LogP contribution in [0.25, 0.3) is 0 Å². The van der Waals surface area contributed by atoms with E-state index in [1.165, 1.54) is 6.92 Å². The number of amides is 2. The summed E-state index contributed by atoms with van der Waals surface area (Å²) in [6, 6.07) is 6.91. The number of rotatable bonds is 4. The predicted molar refractivity (Wildman–Crippen MR) is 100 cm³/mol. The number of hydrogen-bond donors (Lipinski definition) is 2. The van der Waals surface area contributed by atoms with Crippen LogP contribution in [0, 0.1) is 17.3 Å². The number of benzene rings is 1. The van der Waals surface area contributed by atoms with Gasteiger partial charge in [-0.1, -0.05) is 6.07 Å². The van der Waals surface area contributed by atoms with Crippen LogP contribution in [0.2, 0.25) is 0 Å². The van der Waals surface area contributed by atoms with Crippen molar-refractivity contribution in [1.29, 1.82) is 0 Å². The lowest BCUT2D eigenvalue weighted by molar-refractivity contribution is -0.166. The fraction of sp³-hybridized carbons (Fsp3) is 0.571. The zero-order valence-electron chi connectivity index (χ0n) is 15.8. The minimum atomic E-state index is -0.517. The van der Waals surface area contributed by atoms with E-state index in [-0.39, 0.29) is 23.3 Å². The number of hydrogen-bond acceptors (Lipinski definition) is 4. The molecule has 2 N–H and O–H groups in total. The highest BCUT2D eigenvalue weighted by Gasteiger charge is 2.61. The molecule has 0 saturated heterocycles. The second kappa shape index (κ2) is 6.36. The first-order chi connectivity index (χ1) is 12.8. The molecule has 2 amide bonds. The molecule has 0 aromatic heterocycles. The Morgan fingerprint density at radius 1 is 1.04 bits per heavy atom. The number of carbonyl (C=O) groups excluding carboxylic acids is 3. The number of ether oxygens (including phenoxy) is 1. The van der Waals surface area contributed by atoms with Gasteiger partial charge in [-0.05, 0) is 62.5 Å². The van der Waals surface area contributed by atoms with Crippen LogP contribution in [0.5, 0.6) is 5.75 Å². The molecule has 6 heteroatoms. The third kappa shape index (κ3) is 3.45. The lowest BCUT2D eigenvalue weighted by Gasteiger charge is -2.60. The maximum atomic E-state index is 13.2. The van der Waals surface area contributed by atoms with Gasteiger partial charge in [0, 0.05) is 31.1 Å². The number of nitrogens with one attached hydrogen (secondary N) is 2. The fourth-order valence-corrected chi connectivity index (χ4v) is 6.08. The van der Waals surface area contributed by atoms with Gasteiger partial charge in [-0.25, -0.2) is 0 Å². The molecule has 0 spiro atoms. The first-order valence-electron chi connectivity index (χ1n) is 9.66. The first-order valence-corrected chi connectivity index (χ1v) is 9.66. The second-order valence-corrected chi connectivity index (χ2v) is 8.80. The summed E-state index contributed by atoms with van der Waals surface area (Å²) in [6.45, 7) is 2.99. The molecule has 2 atom stereocenters. The summed E-state index contributed by atoms with van der Waals surface area (Å²) in [7, 11) is 0. The maximum absolute atomic E-state index is 13.2. The first kappa shape index (κ1) is 18.0. The van der Waals surface area contributed by atoms with Gasteiger partial charge in [-0.3, -0.25) is 14.4 Å². The average Bonchev–Trinajstić information content (AvgIpc) is 2.51. The Balaban J connectivity index is 1.55. The SMILES string of the molecule is CC(=O)Nc1cccc(OC(=O)C23CC4CC(CC(NC(C)=O)(C4)C2)C3)c1. The zero-order chi connectivity index (χ0) is 19.2. The van der Waals surface area contributed by atoms with Gasteiger partial charge < -0.3 is 15.4 Å². The summed E-state index contributed by atoms with van der Waals surface area (Å²) in [5, 5.41) is 5.87. The van der Waals surface area contributed by atoms with E-state index in [9.17, 15) is 14.4 Å². The molecule has 4 aliphatic carbocycles. The quantitative estimate of drug-likeness (QED) is 0.630. The molecule has 4 bridgehead atoms. The molecule has 4 saturated carbocycles. The van der Waals surface area contributed by atoms with Crippen molar-refractivity contribution in [2.45, 2.75) is 57.9 Å². The summed E-state index contributed by atoms with van der Waals surface area (Å²) in [5.41, 5.74) is -0.170. The minimum absolute atomic E-state index is 0.0246. The van der Waals surface area contributed by atoms with Crippen LogP contribution in [0.3, 0.4) is 0 Å². The molecule has 2 unspecified atom stereocenters. The maximum Gasteiger partial charge on any atom is 0.317 e. The molecule has 0 heterocycles. The Bertz CT molecular complexity index is 789. The molecule has 1 aromatic rings. The molecule has 27 heavy (non-hydrogen) atoms. The number of anilines is 1. The molecular formula is C21H26N2O4. The summed E-state index contributed by atoms with van der Waals surface area (Å²) in [4.78, 5) is 36.2. The van der Waals surface area contributed by atoms with Gasteiger partial charge >= 0.3 is 5.97 Å².